The molecule has 0 radical (unpaired) electrons. The summed E-state index contributed by atoms with van der Waals surface area (Å²) in [5, 5.41) is 11.1. The molecule has 9 atom stereocenters. The molecule has 2 aliphatic carbocycles. The van der Waals surface area contributed by atoms with Crippen LogP contribution in [0.3, 0.4) is 0 Å². The molecule has 2 heterocycles. The van der Waals surface area contributed by atoms with E-state index in [0.29, 0.717) is 6.61 Å². The Balaban J connectivity index is 1.76. The van der Waals surface area contributed by atoms with E-state index in [4.69, 9.17) is 23.7 Å². The Morgan fingerprint density at radius 2 is 1.88 bits per heavy atom. The van der Waals surface area contributed by atoms with Crippen LogP contribution in [0.25, 0.3) is 0 Å². The van der Waals surface area contributed by atoms with Gasteiger partial charge in [0.1, 0.15) is 30.0 Å². The van der Waals surface area contributed by atoms with Crippen molar-refractivity contribution in [2.24, 2.45) is 23.2 Å². The minimum absolute atomic E-state index is 0.0100. The van der Waals surface area contributed by atoms with E-state index in [0.717, 1.165) is 5.57 Å². The lowest BCUT2D eigenvalue weighted by molar-refractivity contribution is -0.203. The first-order valence-electron chi connectivity index (χ1n) is 11.6. The van der Waals surface area contributed by atoms with Gasteiger partial charge in [-0.15, -0.1) is 0 Å². The smallest absolute Gasteiger partial charge is 0.306 e. The minimum atomic E-state index is -1.07. The van der Waals surface area contributed by atoms with E-state index in [2.05, 4.69) is 0 Å². The van der Waals surface area contributed by atoms with Gasteiger partial charge >= 0.3 is 17.9 Å². The lowest BCUT2D eigenvalue weighted by Crippen LogP contribution is -2.63. The Morgan fingerprint density at radius 1 is 1.21 bits per heavy atom. The van der Waals surface area contributed by atoms with Crippen LogP contribution in [0.1, 0.15) is 48.0 Å². The highest BCUT2D eigenvalue weighted by molar-refractivity contribution is 5.70. The normalized spacial score (nSPS) is 43.0. The first-order valence-corrected chi connectivity index (χ1v) is 11.6. The van der Waals surface area contributed by atoms with Crippen molar-refractivity contribution >= 4 is 17.9 Å². The van der Waals surface area contributed by atoms with Gasteiger partial charge in [-0.2, -0.15) is 0 Å². The third-order valence-corrected chi connectivity index (χ3v) is 7.72. The van der Waals surface area contributed by atoms with E-state index in [1.54, 1.807) is 0 Å². The fraction of sp³-hybridized carbons (Fsp3) is 0.792. The molecule has 0 amide bonds. The Morgan fingerprint density at radius 3 is 2.42 bits per heavy atom. The van der Waals surface area contributed by atoms with Crippen LogP contribution in [0.4, 0.5) is 0 Å². The van der Waals surface area contributed by atoms with Crippen molar-refractivity contribution < 1.29 is 43.2 Å². The summed E-state index contributed by atoms with van der Waals surface area (Å²) in [6, 6.07) is 0. The summed E-state index contributed by atoms with van der Waals surface area (Å²) in [5.41, 5.74) is -0.885. The number of carbonyl (C=O) groups is 3. The average molecular weight is 467 g/mol. The maximum absolute atomic E-state index is 12.6. The van der Waals surface area contributed by atoms with Crippen molar-refractivity contribution in [3.05, 3.63) is 11.6 Å². The second kappa shape index (κ2) is 8.36. The number of aliphatic hydroxyl groups excluding tert-OH is 1. The van der Waals surface area contributed by atoms with E-state index in [1.165, 1.54) is 13.8 Å². The lowest BCUT2D eigenvalue weighted by Gasteiger charge is -2.53. The Labute approximate surface area is 193 Å². The van der Waals surface area contributed by atoms with Gasteiger partial charge in [0.15, 0.2) is 0 Å². The second-order valence-electron chi connectivity index (χ2n) is 10.4. The molecule has 1 N–H and O–H groups in total. The Kier molecular flexibility index (Phi) is 6.12. The van der Waals surface area contributed by atoms with Crippen molar-refractivity contribution in [3.63, 3.8) is 0 Å². The highest BCUT2D eigenvalue weighted by Gasteiger charge is 2.82. The van der Waals surface area contributed by atoms with Crippen LogP contribution in [-0.4, -0.2) is 72.3 Å². The zero-order valence-electron chi connectivity index (χ0n) is 20.0. The average Bonchev–Trinajstić information content (AvgIpc) is 3.48. The quantitative estimate of drug-likeness (QED) is 0.269. The SMILES string of the molecule is CC(=O)OCC1C(OC(=O)CC(C)C)C(C)=CC2OC3C(O)C(OC(C)=O)C(C)(C21)C31CO1. The summed E-state index contributed by atoms with van der Waals surface area (Å²) in [6.07, 6.45) is -1.55. The van der Waals surface area contributed by atoms with Crippen LogP contribution in [-0.2, 0) is 38.1 Å². The third-order valence-electron chi connectivity index (χ3n) is 7.72. The molecule has 3 fully saturated rings. The van der Waals surface area contributed by atoms with Gasteiger partial charge in [0.05, 0.1) is 19.3 Å². The van der Waals surface area contributed by atoms with Crippen molar-refractivity contribution in [1.29, 1.82) is 0 Å². The van der Waals surface area contributed by atoms with Gasteiger partial charge in [-0.25, -0.2) is 0 Å². The van der Waals surface area contributed by atoms with Gasteiger partial charge in [0, 0.05) is 37.5 Å². The molecule has 2 aliphatic heterocycles. The lowest BCUT2D eigenvalue weighted by atomic mass is 9.57. The third kappa shape index (κ3) is 3.78. The van der Waals surface area contributed by atoms with Crippen molar-refractivity contribution in [1.82, 2.24) is 0 Å². The topological polar surface area (TPSA) is 121 Å². The van der Waals surface area contributed by atoms with E-state index in [-0.39, 0.29) is 24.9 Å². The fourth-order valence-electron chi connectivity index (χ4n) is 6.34. The molecular weight excluding hydrogens is 432 g/mol. The summed E-state index contributed by atoms with van der Waals surface area (Å²) in [5.74, 6) is -2.06. The monoisotopic (exact) mass is 466 g/mol. The second-order valence-corrected chi connectivity index (χ2v) is 10.4. The van der Waals surface area contributed by atoms with Gasteiger partial charge in [0.2, 0.25) is 0 Å². The standard InChI is InChI=1S/C24H34O9/c1-11(2)7-17(27)33-20-12(3)8-16-18(15(20)9-29-13(4)25)23(6)21(31-14(5)26)19(28)22(32-16)24(23)10-30-24/h8,11,15-16,18-22,28H,7,9-10H2,1-6H3. The molecule has 0 aromatic rings. The van der Waals surface area contributed by atoms with Crippen molar-refractivity contribution in [2.45, 2.75) is 84.1 Å². The molecular formula is C24H34O9. The molecule has 4 aliphatic rings. The maximum Gasteiger partial charge on any atom is 0.306 e. The van der Waals surface area contributed by atoms with Gasteiger partial charge in [-0.1, -0.05) is 26.8 Å². The van der Waals surface area contributed by atoms with Crippen LogP contribution in [0.15, 0.2) is 11.6 Å². The molecule has 184 valence electrons. The highest BCUT2D eigenvalue weighted by atomic mass is 16.7. The molecule has 0 aromatic carbocycles. The van der Waals surface area contributed by atoms with E-state index in [1.807, 2.05) is 33.8 Å². The van der Waals surface area contributed by atoms with Gasteiger partial charge in [-0.05, 0) is 18.4 Å². The molecule has 9 nitrogen and oxygen atoms in total. The molecule has 4 rings (SSSR count). The first-order chi connectivity index (χ1) is 15.4. The first kappa shape index (κ1) is 24.2. The Hall–Kier alpha value is -1.97. The summed E-state index contributed by atoms with van der Waals surface area (Å²) in [4.78, 5) is 36.3. The predicted octanol–water partition coefficient (Wildman–Crippen LogP) is 1.55. The number of rotatable bonds is 6. The zero-order valence-corrected chi connectivity index (χ0v) is 20.0. The summed E-state index contributed by atoms with van der Waals surface area (Å²) >= 11 is 0. The maximum atomic E-state index is 12.6. The number of fused-ring (bicyclic) bond motifs is 2. The largest absolute Gasteiger partial charge is 0.465 e. The predicted molar refractivity (Wildman–Crippen MR) is 114 cm³/mol. The van der Waals surface area contributed by atoms with E-state index < -0.39 is 65.3 Å². The molecule has 0 aromatic heterocycles. The number of ether oxygens (including phenoxy) is 5. The summed E-state index contributed by atoms with van der Waals surface area (Å²) < 4.78 is 29.3. The molecule has 2 bridgehead atoms. The summed E-state index contributed by atoms with van der Waals surface area (Å²) in [6.45, 7) is 10.6. The minimum Gasteiger partial charge on any atom is -0.465 e. The number of esters is 3. The fourth-order valence-corrected chi connectivity index (χ4v) is 6.34. The molecule has 1 spiro atoms. The molecule has 9 heteroatoms. The Bertz CT molecular complexity index is 860. The van der Waals surface area contributed by atoms with E-state index >= 15 is 0 Å². The number of epoxide rings is 1. The van der Waals surface area contributed by atoms with Gasteiger partial charge < -0.3 is 28.8 Å². The van der Waals surface area contributed by atoms with Crippen molar-refractivity contribution in [3.8, 4) is 0 Å². The van der Waals surface area contributed by atoms with Crippen LogP contribution in [0.5, 0.6) is 0 Å². The van der Waals surface area contributed by atoms with E-state index in [9.17, 15) is 19.5 Å². The number of hydrogen-bond acceptors (Lipinski definition) is 9. The van der Waals surface area contributed by atoms with Crippen LogP contribution >= 0.6 is 0 Å². The van der Waals surface area contributed by atoms with Crippen LogP contribution in [0.2, 0.25) is 0 Å². The molecule has 9 unspecified atom stereocenters. The zero-order chi connectivity index (χ0) is 24.3. The highest BCUT2D eigenvalue weighted by Crippen LogP contribution is 2.68. The van der Waals surface area contributed by atoms with Gasteiger partial charge in [0.25, 0.3) is 0 Å². The van der Waals surface area contributed by atoms with Crippen LogP contribution < -0.4 is 0 Å². The van der Waals surface area contributed by atoms with Gasteiger partial charge in [-0.3, -0.25) is 14.4 Å². The summed E-state index contributed by atoms with van der Waals surface area (Å²) in [7, 11) is 0. The molecule has 1 saturated carbocycles. The van der Waals surface area contributed by atoms with Crippen LogP contribution in [0, 0.1) is 23.2 Å². The molecule has 2 saturated heterocycles. The molecule has 33 heavy (non-hydrogen) atoms. The van der Waals surface area contributed by atoms with Crippen molar-refractivity contribution in [2.75, 3.05) is 13.2 Å². The number of aliphatic hydroxyl groups is 1. The number of hydrogen-bond donors (Lipinski definition) is 1. The number of carbonyl (C=O) groups excluding carboxylic acids is 3.